The Balaban J connectivity index is 0.000000386. The number of rotatable bonds is 10. The number of anilines is 4. The van der Waals surface area contributed by atoms with Crippen LogP contribution in [0.5, 0.6) is 0 Å². The second-order valence-electron chi connectivity index (χ2n) is 9.44. The standard InChI is InChI=1S/C19H23N7O6.C7H8O3S/c20-19-25-15-14(17(30)26-19)23-11(8-22-15)7-21-10-3-1-9(2-4-10)16(29)24-12(18(31)32)5-6-13(27)28;1-6-2-4-7(5-3-6)11(8,9)10/h1-4,11-12,21,23H,5-8H2,(H,24,29)(H,27,28)(H,31,32)(H4,20,22,25,26,30);2-5H,1H3,(H,8,9,10)/t11?,12-;/m0./s1. The van der Waals surface area contributed by atoms with Gasteiger partial charge in [0, 0.05) is 30.8 Å². The number of nitrogens with two attached hydrogens (primary N) is 1. The van der Waals surface area contributed by atoms with Gasteiger partial charge in [-0.2, -0.15) is 13.4 Å². The molecule has 2 atom stereocenters. The van der Waals surface area contributed by atoms with Crippen LogP contribution >= 0.6 is 0 Å². The van der Waals surface area contributed by atoms with Crippen molar-refractivity contribution in [3.8, 4) is 0 Å². The number of hydrogen-bond donors (Lipinski definition) is 9. The number of aromatic nitrogens is 2. The molecule has 1 aliphatic heterocycles. The Morgan fingerprint density at radius 3 is 2.33 bits per heavy atom. The van der Waals surface area contributed by atoms with Crippen molar-refractivity contribution in [1.29, 1.82) is 0 Å². The summed E-state index contributed by atoms with van der Waals surface area (Å²) in [5, 5.41) is 29.5. The van der Waals surface area contributed by atoms with Gasteiger partial charge in [-0.05, 0) is 49.7 Å². The molecule has 0 saturated carbocycles. The summed E-state index contributed by atoms with van der Waals surface area (Å²) in [4.78, 5) is 52.5. The van der Waals surface area contributed by atoms with E-state index in [-0.39, 0.29) is 40.9 Å². The van der Waals surface area contributed by atoms with Crippen LogP contribution in [0.3, 0.4) is 0 Å². The summed E-state index contributed by atoms with van der Waals surface area (Å²) < 4.78 is 29.6. The summed E-state index contributed by atoms with van der Waals surface area (Å²) in [7, 11) is -4.02. The summed E-state index contributed by atoms with van der Waals surface area (Å²) >= 11 is 0. The quantitative estimate of drug-likeness (QED) is 0.143. The number of carbonyl (C=O) groups is 3. The van der Waals surface area contributed by atoms with Crippen LogP contribution in [0.4, 0.5) is 23.1 Å². The first kappa shape index (κ1) is 32.4. The molecule has 16 nitrogen and oxygen atoms in total. The minimum Gasteiger partial charge on any atom is -0.481 e. The van der Waals surface area contributed by atoms with Gasteiger partial charge in [-0.15, -0.1) is 0 Å². The van der Waals surface area contributed by atoms with E-state index in [0.717, 1.165) is 5.56 Å². The van der Waals surface area contributed by atoms with Gasteiger partial charge in [-0.1, -0.05) is 17.7 Å². The molecule has 0 aliphatic carbocycles. The summed E-state index contributed by atoms with van der Waals surface area (Å²) in [5.41, 5.74) is 7.36. The lowest BCUT2D eigenvalue weighted by Gasteiger charge is -2.27. The first-order chi connectivity index (χ1) is 20.2. The van der Waals surface area contributed by atoms with E-state index >= 15 is 0 Å². The molecule has 2 heterocycles. The molecule has 10 N–H and O–H groups in total. The molecule has 4 rings (SSSR count). The number of amides is 1. The van der Waals surface area contributed by atoms with Crippen molar-refractivity contribution in [2.45, 2.75) is 36.7 Å². The highest BCUT2D eigenvalue weighted by atomic mass is 32.2. The van der Waals surface area contributed by atoms with Gasteiger partial charge in [0.1, 0.15) is 11.7 Å². The highest BCUT2D eigenvalue weighted by Crippen LogP contribution is 2.20. The third-order valence-electron chi connectivity index (χ3n) is 6.07. The number of aryl methyl sites for hydroxylation is 1. The molecule has 1 unspecified atom stereocenters. The molecule has 0 bridgehead atoms. The lowest BCUT2D eigenvalue weighted by Crippen LogP contribution is -2.41. The minimum absolute atomic E-state index is 0.0281. The van der Waals surface area contributed by atoms with E-state index in [9.17, 15) is 27.6 Å². The Hall–Kier alpha value is -5.16. The van der Waals surface area contributed by atoms with Crippen molar-refractivity contribution >= 4 is 51.1 Å². The number of nitrogen functional groups attached to an aromatic ring is 1. The van der Waals surface area contributed by atoms with Gasteiger partial charge < -0.3 is 37.2 Å². The topological polar surface area (TPSA) is 266 Å². The van der Waals surface area contributed by atoms with E-state index in [2.05, 4.69) is 31.2 Å². The third-order valence-corrected chi connectivity index (χ3v) is 6.94. The molecule has 1 amide bonds. The van der Waals surface area contributed by atoms with Crippen LogP contribution in [0.25, 0.3) is 0 Å². The van der Waals surface area contributed by atoms with Crippen LogP contribution in [0.1, 0.15) is 28.8 Å². The molecule has 17 heteroatoms. The lowest BCUT2D eigenvalue weighted by molar-refractivity contribution is -0.140. The van der Waals surface area contributed by atoms with E-state index in [4.69, 9.17) is 20.5 Å². The van der Waals surface area contributed by atoms with E-state index in [1.54, 1.807) is 24.3 Å². The summed E-state index contributed by atoms with van der Waals surface area (Å²) in [6, 6.07) is 10.9. The molecular weight excluding hydrogens is 586 g/mol. The van der Waals surface area contributed by atoms with Gasteiger partial charge in [0.05, 0.1) is 10.9 Å². The largest absolute Gasteiger partial charge is 0.481 e. The van der Waals surface area contributed by atoms with Crippen LogP contribution in [0.15, 0.2) is 58.2 Å². The fraction of sp³-hybridized carbons (Fsp3) is 0.269. The molecule has 1 aromatic heterocycles. The van der Waals surface area contributed by atoms with Gasteiger partial charge in [0.2, 0.25) is 5.95 Å². The second kappa shape index (κ2) is 14.1. The van der Waals surface area contributed by atoms with Crippen LogP contribution in [-0.4, -0.2) is 76.2 Å². The maximum absolute atomic E-state index is 12.3. The molecule has 0 radical (unpaired) electrons. The molecule has 43 heavy (non-hydrogen) atoms. The zero-order valence-electron chi connectivity index (χ0n) is 22.8. The first-order valence-electron chi connectivity index (χ1n) is 12.8. The van der Waals surface area contributed by atoms with Crippen LogP contribution in [0.2, 0.25) is 0 Å². The summed E-state index contributed by atoms with van der Waals surface area (Å²) in [6.45, 7) is 2.80. The Morgan fingerprint density at radius 1 is 1.09 bits per heavy atom. The minimum atomic E-state index is -4.02. The number of carboxylic acid groups (broad SMARTS) is 2. The average Bonchev–Trinajstić information content (AvgIpc) is 2.94. The Morgan fingerprint density at radius 2 is 1.74 bits per heavy atom. The molecule has 3 aromatic rings. The SMILES string of the molecule is Cc1ccc(S(=O)(=O)O)cc1.Nc1nc2c(c(=O)[nH]1)NC(CNc1ccc(C(=O)N[C@@H](CCC(=O)O)C(=O)O)cc1)CN2. The van der Waals surface area contributed by atoms with Gasteiger partial charge in [0.15, 0.2) is 5.82 Å². The Labute approximate surface area is 245 Å². The number of benzene rings is 2. The fourth-order valence-electron chi connectivity index (χ4n) is 3.81. The number of fused-ring (bicyclic) bond motifs is 1. The lowest BCUT2D eigenvalue weighted by atomic mass is 10.1. The summed E-state index contributed by atoms with van der Waals surface area (Å²) in [6.07, 6.45) is -0.587. The predicted octanol–water partition coefficient (Wildman–Crippen LogP) is 0.960. The number of aliphatic carboxylic acids is 2. The van der Waals surface area contributed by atoms with Crippen molar-refractivity contribution < 1.29 is 37.6 Å². The van der Waals surface area contributed by atoms with Crippen molar-refractivity contribution in [2.24, 2.45) is 0 Å². The number of carboxylic acids is 2. The predicted molar refractivity (Wildman–Crippen MR) is 157 cm³/mol. The zero-order valence-corrected chi connectivity index (χ0v) is 23.6. The number of H-pyrrole nitrogens is 1. The molecule has 230 valence electrons. The van der Waals surface area contributed by atoms with Crippen LogP contribution < -0.4 is 32.6 Å². The molecule has 0 fully saturated rings. The maximum atomic E-state index is 12.3. The zero-order chi connectivity index (χ0) is 31.7. The summed E-state index contributed by atoms with van der Waals surface area (Å²) in [5.74, 6) is -2.64. The van der Waals surface area contributed by atoms with E-state index in [0.29, 0.717) is 30.3 Å². The highest BCUT2D eigenvalue weighted by molar-refractivity contribution is 7.85. The normalized spacial score (nSPS) is 14.4. The second-order valence-corrected chi connectivity index (χ2v) is 10.9. The number of nitrogens with zero attached hydrogens (tertiary/aromatic N) is 1. The van der Waals surface area contributed by atoms with E-state index in [1.165, 1.54) is 24.3 Å². The average molecular weight is 618 g/mol. The van der Waals surface area contributed by atoms with Crippen molar-refractivity contribution in [3.05, 3.63) is 70.0 Å². The van der Waals surface area contributed by atoms with Gasteiger partial charge in [0.25, 0.3) is 21.6 Å². The monoisotopic (exact) mass is 617 g/mol. The van der Waals surface area contributed by atoms with Crippen LogP contribution in [-0.2, 0) is 19.7 Å². The Bertz CT molecular complexity index is 1630. The van der Waals surface area contributed by atoms with Crippen molar-refractivity contribution in [2.75, 3.05) is 34.8 Å². The fourth-order valence-corrected chi connectivity index (χ4v) is 4.29. The number of nitrogens with one attached hydrogen (secondary N) is 5. The van der Waals surface area contributed by atoms with Gasteiger partial charge in [-0.25, -0.2) is 4.79 Å². The smallest absolute Gasteiger partial charge is 0.326 e. The maximum Gasteiger partial charge on any atom is 0.326 e. The van der Waals surface area contributed by atoms with E-state index < -0.39 is 34.0 Å². The van der Waals surface area contributed by atoms with Gasteiger partial charge >= 0.3 is 11.9 Å². The van der Waals surface area contributed by atoms with Crippen molar-refractivity contribution in [3.63, 3.8) is 0 Å². The molecule has 1 aliphatic rings. The third kappa shape index (κ3) is 9.72. The highest BCUT2D eigenvalue weighted by Gasteiger charge is 2.23. The first-order valence-corrected chi connectivity index (χ1v) is 14.2. The molecule has 2 aromatic carbocycles. The molecule has 0 spiro atoms. The number of aromatic amines is 1. The van der Waals surface area contributed by atoms with Gasteiger partial charge in [-0.3, -0.25) is 23.9 Å². The molecule has 0 saturated heterocycles. The van der Waals surface area contributed by atoms with Crippen LogP contribution in [0, 0.1) is 6.92 Å². The Kier molecular flexibility index (Phi) is 10.6. The number of carbonyl (C=O) groups excluding carboxylic acids is 1. The molecular formula is C26H31N7O9S. The van der Waals surface area contributed by atoms with E-state index in [1.807, 2.05) is 6.92 Å². The number of hydrogen-bond acceptors (Lipinski definition) is 11. The van der Waals surface area contributed by atoms with Crippen molar-refractivity contribution in [1.82, 2.24) is 15.3 Å².